The minimum Gasteiger partial charge on any atom is -0.309 e. The standard InChI is InChI=1S/C53H36N2/c1-53(2)46-20-9-6-15-39(46)42-19-12-18-36(51(42)53)33-23-25-35(26-24-33)54-48-22-11-8-17-45(48)50-41-28-30-43-38(37(41)31-32-49(50)54)27-29-44-40-16-7-10-21-47(40)55(52(43)44)34-13-4-3-5-14-34/h3-32H,1-2H3. The molecule has 1 aliphatic carbocycles. The third kappa shape index (κ3) is 4.09. The largest absolute Gasteiger partial charge is 0.309 e. The van der Waals surface area contributed by atoms with E-state index in [4.69, 9.17) is 0 Å². The van der Waals surface area contributed by atoms with Crippen LogP contribution >= 0.6 is 0 Å². The molecule has 55 heavy (non-hydrogen) atoms. The third-order valence-electron chi connectivity index (χ3n) is 12.5. The third-order valence-corrected chi connectivity index (χ3v) is 12.5. The Hall–Kier alpha value is -6.90. The molecule has 0 atom stereocenters. The number of aromatic nitrogens is 2. The molecule has 0 unspecified atom stereocenters. The molecule has 0 bridgehead atoms. The van der Waals surface area contributed by atoms with E-state index in [0.29, 0.717) is 0 Å². The van der Waals surface area contributed by atoms with Crippen molar-refractivity contribution in [3.05, 3.63) is 193 Å². The zero-order chi connectivity index (χ0) is 36.4. The van der Waals surface area contributed by atoms with Gasteiger partial charge in [-0.1, -0.05) is 153 Å². The average Bonchev–Trinajstić information content (AvgIpc) is 3.85. The molecule has 0 saturated heterocycles. The van der Waals surface area contributed by atoms with E-state index in [9.17, 15) is 0 Å². The molecule has 0 aliphatic heterocycles. The Morgan fingerprint density at radius 1 is 0.345 bits per heavy atom. The van der Waals surface area contributed by atoms with E-state index in [1.807, 2.05) is 0 Å². The van der Waals surface area contributed by atoms with Crippen LogP contribution in [0.25, 0.3) is 98.8 Å². The van der Waals surface area contributed by atoms with Crippen LogP contribution in [0.2, 0.25) is 0 Å². The molecule has 258 valence electrons. The summed E-state index contributed by atoms with van der Waals surface area (Å²) >= 11 is 0. The minimum absolute atomic E-state index is 0.0663. The molecule has 11 aromatic rings. The molecule has 0 N–H and O–H groups in total. The van der Waals surface area contributed by atoms with Crippen molar-refractivity contribution in [1.29, 1.82) is 0 Å². The van der Waals surface area contributed by atoms with Crippen LogP contribution in [0.3, 0.4) is 0 Å². The monoisotopic (exact) mass is 700 g/mol. The van der Waals surface area contributed by atoms with Gasteiger partial charge in [-0.15, -0.1) is 0 Å². The molecular weight excluding hydrogens is 665 g/mol. The van der Waals surface area contributed by atoms with E-state index >= 15 is 0 Å². The number of rotatable bonds is 3. The lowest BCUT2D eigenvalue weighted by atomic mass is 9.79. The SMILES string of the molecule is CC1(C)c2ccccc2-c2cccc(-c3ccc(-n4c5ccccc5c5c6ccc7c(ccc8c9ccccc9n(-c9ccccc9)c78)c6ccc54)cc3)c21. The maximum Gasteiger partial charge on any atom is 0.0619 e. The van der Waals surface area contributed by atoms with Gasteiger partial charge in [0.05, 0.1) is 22.1 Å². The second-order valence-electron chi connectivity index (χ2n) is 15.7. The molecule has 1 aliphatic rings. The molecule has 2 heteroatoms. The van der Waals surface area contributed by atoms with Gasteiger partial charge in [-0.3, -0.25) is 0 Å². The Balaban J connectivity index is 1.06. The fraction of sp³-hybridized carbons (Fsp3) is 0.0566. The summed E-state index contributed by atoms with van der Waals surface area (Å²) in [5.41, 5.74) is 15.3. The zero-order valence-electron chi connectivity index (χ0n) is 30.7. The molecular formula is C53H36N2. The summed E-state index contributed by atoms with van der Waals surface area (Å²) in [5.74, 6) is 0. The number of fused-ring (bicyclic) bond motifs is 14. The Bertz CT molecular complexity index is 3380. The van der Waals surface area contributed by atoms with Crippen LogP contribution in [-0.2, 0) is 5.41 Å². The fourth-order valence-corrected chi connectivity index (χ4v) is 10.2. The normalized spacial score (nSPS) is 13.4. The Morgan fingerprint density at radius 3 is 1.73 bits per heavy atom. The number of para-hydroxylation sites is 3. The summed E-state index contributed by atoms with van der Waals surface area (Å²) in [6, 6.07) is 67.5. The first-order valence-electron chi connectivity index (χ1n) is 19.3. The maximum atomic E-state index is 2.45. The van der Waals surface area contributed by atoms with Crippen molar-refractivity contribution in [3.63, 3.8) is 0 Å². The van der Waals surface area contributed by atoms with Gasteiger partial charge < -0.3 is 9.13 Å². The summed E-state index contributed by atoms with van der Waals surface area (Å²) in [5, 5.41) is 10.2. The van der Waals surface area contributed by atoms with Gasteiger partial charge in [-0.25, -0.2) is 0 Å². The maximum absolute atomic E-state index is 2.45. The highest BCUT2D eigenvalue weighted by Crippen LogP contribution is 2.52. The Morgan fingerprint density at radius 2 is 0.909 bits per heavy atom. The number of nitrogens with zero attached hydrogens (tertiary/aromatic N) is 2. The van der Waals surface area contributed by atoms with Crippen molar-refractivity contribution in [2.75, 3.05) is 0 Å². The predicted molar refractivity (Wildman–Crippen MR) is 233 cm³/mol. The van der Waals surface area contributed by atoms with E-state index in [1.165, 1.54) is 110 Å². The van der Waals surface area contributed by atoms with E-state index in [1.54, 1.807) is 0 Å². The van der Waals surface area contributed by atoms with Crippen molar-refractivity contribution in [2.24, 2.45) is 0 Å². The van der Waals surface area contributed by atoms with Crippen molar-refractivity contribution in [1.82, 2.24) is 9.13 Å². The van der Waals surface area contributed by atoms with Gasteiger partial charge in [0, 0.05) is 43.7 Å². The smallest absolute Gasteiger partial charge is 0.0619 e. The average molecular weight is 701 g/mol. The predicted octanol–water partition coefficient (Wildman–Crippen LogP) is 14.2. The van der Waals surface area contributed by atoms with Crippen LogP contribution in [0, 0.1) is 0 Å². The molecule has 12 rings (SSSR count). The van der Waals surface area contributed by atoms with Crippen molar-refractivity contribution in [2.45, 2.75) is 19.3 Å². The summed E-state index contributed by atoms with van der Waals surface area (Å²) < 4.78 is 4.89. The number of hydrogen-bond acceptors (Lipinski definition) is 0. The lowest BCUT2D eigenvalue weighted by molar-refractivity contribution is 0.662. The molecule has 0 radical (unpaired) electrons. The van der Waals surface area contributed by atoms with Gasteiger partial charge in [0.25, 0.3) is 0 Å². The van der Waals surface area contributed by atoms with Gasteiger partial charge in [0.1, 0.15) is 0 Å². The summed E-state index contributed by atoms with van der Waals surface area (Å²) in [6.45, 7) is 4.74. The van der Waals surface area contributed by atoms with Crippen LogP contribution in [0.5, 0.6) is 0 Å². The molecule has 9 aromatic carbocycles. The Labute approximate surface area is 319 Å². The van der Waals surface area contributed by atoms with Gasteiger partial charge >= 0.3 is 0 Å². The van der Waals surface area contributed by atoms with E-state index in [0.717, 1.165) is 0 Å². The molecule has 0 spiro atoms. The highest BCUT2D eigenvalue weighted by molar-refractivity contribution is 6.29. The summed E-state index contributed by atoms with van der Waals surface area (Å²) in [6.07, 6.45) is 0. The van der Waals surface area contributed by atoms with Crippen LogP contribution in [0.15, 0.2) is 182 Å². The highest BCUT2D eigenvalue weighted by Gasteiger charge is 2.37. The van der Waals surface area contributed by atoms with Crippen LogP contribution in [0.4, 0.5) is 0 Å². The summed E-state index contributed by atoms with van der Waals surface area (Å²) in [7, 11) is 0. The molecule has 0 saturated carbocycles. The Kier molecular flexibility index (Phi) is 6.15. The van der Waals surface area contributed by atoms with Crippen LogP contribution in [-0.4, -0.2) is 9.13 Å². The zero-order valence-corrected chi connectivity index (χ0v) is 30.7. The first-order valence-corrected chi connectivity index (χ1v) is 19.3. The second-order valence-corrected chi connectivity index (χ2v) is 15.7. The molecule has 0 fully saturated rings. The number of hydrogen-bond donors (Lipinski definition) is 0. The van der Waals surface area contributed by atoms with E-state index in [-0.39, 0.29) is 5.41 Å². The van der Waals surface area contributed by atoms with Gasteiger partial charge in [0.2, 0.25) is 0 Å². The molecule has 2 aromatic heterocycles. The second kappa shape index (κ2) is 11.1. The first-order chi connectivity index (χ1) is 27.1. The quantitative estimate of drug-likeness (QED) is 0.162. The van der Waals surface area contributed by atoms with Gasteiger partial charge in [-0.2, -0.15) is 0 Å². The molecule has 2 nitrogen and oxygen atoms in total. The fourth-order valence-electron chi connectivity index (χ4n) is 10.2. The topological polar surface area (TPSA) is 9.86 Å². The minimum atomic E-state index is -0.0663. The lowest BCUT2D eigenvalue weighted by Crippen LogP contribution is -2.16. The molecule has 2 heterocycles. The van der Waals surface area contributed by atoms with E-state index < -0.39 is 0 Å². The lowest BCUT2D eigenvalue weighted by Gasteiger charge is -2.24. The van der Waals surface area contributed by atoms with Crippen molar-refractivity contribution >= 4 is 65.2 Å². The van der Waals surface area contributed by atoms with E-state index in [2.05, 4.69) is 205 Å². The number of benzene rings is 9. The van der Waals surface area contributed by atoms with Crippen LogP contribution in [0.1, 0.15) is 25.0 Å². The van der Waals surface area contributed by atoms with Gasteiger partial charge in [-0.05, 0) is 92.0 Å². The van der Waals surface area contributed by atoms with Gasteiger partial charge in [0.15, 0.2) is 0 Å². The summed E-state index contributed by atoms with van der Waals surface area (Å²) in [4.78, 5) is 0. The van der Waals surface area contributed by atoms with Crippen LogP contribution < -0.4 is 0 Å². The van der Waals surface area contributed by atoms with Crippen molar-refractivity contribution in [3.8, 4) is 33.6 Å². The first kappa shape index (κ1) is 30.6. The van der Waals surface area contributed by atoms with Crippen molar-refractivity contribution < 1.29 is 0 Å². The molecule has 0 amide bonds. The highest BCUT2D eigenvalue weighted by atomic mass is 15.0.